The number of amides is 1. The molecule has 0 unspecified atom stereocenters. The molecular weight excluding hydrogens is 460 g/mol. The van der Waals surface area contributed by atoms with Crippen LogP contribution in [0.4, 0.5) is 5.69 Å². The maximum atomic E-state index is 13.0. The average Bonchev–Trinajstić information content (AvgIpc) is 3.31. The fourth-order valence-corrected chi connectivity index (χ4v) is 5.13. The van der Waals surface area contributed by atoms with E-state index in [0.29, 0.717) is 30.4 Å². The molecule has 0 radical (unpaired) electrons. The summed E-state index contributed by atoms with van der Waals surface area (Å²) in [5, 5.41) is 14.6. The van der Waals surface area contributed by atoms with Crippen LogP contribution in [-0.4, -0.2) is 59.0 Å². The van der Waals surface area contributed by atoms with Gasteiger partial charge in [0.05, 0.1) is 17.7 Å². The lowest BCUT2D eigenvalue weighted by Crippen LogP contribution is -2.35. The number of ether oxygens (including phenoxy) is 2. The summed E-state index contributed by atoms with van der Waals surface area (Å²) in [6.45, 7) is 0.870. The number of nitrogens with zero attached hydrogens (tertiary/aromatic N) is 5. The van der Waals surface area contributed by atoms with Crippen molar-refractivity contribution in [3.05, 3.63) is 54.4 Å². The fraction of sp³-hybridized carbons (Fsp3) is 0.364. The van der Waals surface area contributed by atoms with Crippen LogP contribution in [0.5, 0.6) is 11.5 Å². The van der Waals surface area contributed by atoms with Gasteiger partial charge in [-0.25, -0.2) is 8.42 Å². The minimum atomic E-state index is -3.66. The number of nitrogens with one attached hydrogen (secondary N) is 1. The molecule has 1 aliphatic heterocycles. The zero-order valence-electron chi connectivity index (χ0n) is 18.8. The zero-order chi connectivity index (χ0) is 24.0. The molecule has 180 valence electrons. The first kappa shape index (κ1) is 23.6. The van der Waals surface area contributed by atoms with Crippen LogP contribution in [-0.2, 0) is 28.0 Å². The first-order chi connectivity index (χ1) is 16.5. The molecule has 1 aromatic heterocycles. The molecule has 34 heavy (non-hydrogen) atoms. The molecule has 11 nitrogen and oxygen atoms in total. The van der Waals surface area contributed by atoms with Crippen molar-refractivity contribution in [2.45, 2.75) is 37.3 Å². The maximum absolute atomic E-state index is 13.0. The smallest absolute Gasteiger partial charge is 0.248 e. The second-order valence-corrected chi connectivity index (χ2v) is 9.65. The van der Waals surface area contributed by atoms with Crippen molar-refractivity contribution in [2.24, 2.45) is 0 Å². The van der Waals surface area contributed by atoms with E-state index in [4.69, 9.17) is 9.47 Å². The lowest BCUT2D eigenvalue weighted by Gasteiger charge is -2.26. The lowest BCUT2D eigenvalue weighted by molar-refractivity contribution is -0.117. The highest BCUT2D eigenvalue weighted by Gasteiger charge is 2.27. The molecule has 2 heterocycles. The van der Waals surface area contributed by atoms with Gasteiger partial charge < -0.3 is 14.8 Å². The van der Waals surface area contributed by atoms with Crippen molar-refractivity contribution in [1.29, 1.82) is 0 Å². The van der Waals surface area contributed by atoms with E-state index >= 15 is 0 Å². The highest BCUT2D eigenvalue weighted by atomic mass is 32.2. The molecule has 0 spiro atoms. The molecule has 0 atom stereocenters. The van der Waals surface area contributed by atoms with Crippen molar-refractivity contribution in [2.75, 3.05) is 25.5 Å². The molecule has 1 amide bonds. The summed E-state index contributed by atoms with van der Waals surface area (Å²) in [5.41, 5.74) is 0.248. The van der Waals surface area contributed by atoms with E-state index in [2.05, 4.69) is 20.7 Å². The van der Waals surface area contributed by atoms with E-state index in [-0.39, 0.29) is 23.7 Å². The second-order valence-electron chi connectivity index (χ2n) is 7.71. The largest absolute Gasteiger partial charge is 0.495 e. The summed E-state index contributed by atoms with van der Waals surface area (Å²) in [4.78, 5) is 13.9. The molecule has 0 aliphatic carbocycles. The molecule has 1 aliphatic rings. The highest BCUT2D eigenvalue weighted by molar-refractivity contribution is 7.89. The molecule has 3 aromatic rings. The van der Waals surface area contributed by atoms with E-state index in [1.54, 1.807) is 0 Å². The summed E-state index contributed by atoms with van der Waals surface area (Å²) in [6.07, 6.45) is 2.69. The van der Waals surface area contributed by atoms with Crippen LogP contribution >= 0.6 is 0 Å². The van der Waals surface area contributed by atoms with Gasteiger partial charge in [0.15, 0.2) is 6.61 Å². The highest BCUT2D eigenvalue weighted by Crippen LogP contribution is 2.30. The third-order valence-corrected chi connectivity index (χ3v) is 7.18. The number of para-hydroxylation sites is 1. The van der Waals surface area contributed by atoms with E-state index < -0.39 is 15.9 Å². The van der Waals surface area contributed by atoms with Gasteiger partial charge in [-0.2, -0.15) is 9.10 Å². The van der Waals surface area contributed by atoms with Gasteiger partial charge in [0.2, 0.25) is 21.8 Å². The number of benzene rings is 2. The van der Waals surface area contributed by atoms with Crippen molar-refractivity contribution in [3.8, 4) is 11.5 Å². The van der Waals surface area contributed by atoms with Gasteiger partial charge in [-0.1, -0.05) is 24.6 Å². The van der Waals surface area contributed by atoms with Crippen molar-refractivity contribution >= 4 is 21.6 Å². The molecule has 12 heteroatoms. The van der Waals surface area contributed by atoms with Crippen LogP contribution in [0.3, 0.4) is 0 Å². The van der Waals surface area contributed by atoms with Crippen LogP contribution in [0.15, 0.2) is 53.4 Å². The standard InChI is InChI=1S/C22H26N6O5S/c1-32-20-11-10-18(34(30,31)27-12-6-3-7-13-27)14-19(20)23-22(29)15-28-25-21(24-26-28)16-33-17-8-4-2-5-9-17/h2,4-5,8-11,14H,3,6-7,12-13,15-16H2,1H3,(H,23,29). The number of rotatable bonds is 9. The Morgan fingerprint density at radius 2 is 1.85 bits per heavy atom. The monoisotopic (exact) mass is 486 g/mol. The number of methoxy groups -OCH3 is 1. The number of hydrogen-bond acceptors (Lipinski definition) is 8. The Labute approximate surface area is 197 Å². The summed E-state index contributed by atoms with van der Waals surface area (Å²) < 4.78 is 38.4. The number of hydrogen-bond donors (Lipinski definition) is 1. The number of anilines is 1. The van der Waals surface area contributed by atoms with Gasteiger partial charge >= 0.3 is 0 Å². The number of sulfonamides is 1. The van der Waals surface area contributed by atoms with Gasteiger partial charge in [0, 0.05) is 13.1 Å². The molecule has 1 fully saturated rings. The Bertz CT molecular complexity index is 1230. The van der Waals surface area contributed by atoms with Crippen LogP contribution < -0.4 is 14.8 Å². The van der Waals surface area contributed by atoms with E-state index in [1.807, 2.05) is 30.3 Å². The fourth-order valence-electron chi connectivity index (χ4n) is 3.58. The normalized spacial score (nSPS) is 14.5. The summed E-state index contributed by atoms with van der Waals surface area (Å²) >= 11 is 0. The Kier molecular flexibility index (Phi) is 7.38. The Morgan fingerprint density at radius 3 is 2.59 bits per heavy atom. The van der Waals surface area contributed by atoms with Crippen LogP contribution in [0.2, 0.25) is 0 Å². The lowest BCUT2D eigenvalue weighted by atomic mass is 10.2. The van der Waals surface area contributed by atoms with Gasteiger partial charge in [0.1, 0.15) is 18.0 Å². The summed E-state index contributed by atoms with van der Waals surface area (Å²) in [5.74, 6) is 0.875. The second kappa shape index (κ2) is 10.6. The van der Waals surface area contributed by atoms with Crippen molar-refractivity contribution in [1.82, 2.24) is 24.5 Å². The number of carbonyl (C=O) groups is 1. The number of aromatic nitrogens is 4. The van der Waals surface area contributed by atoms with E-state index in [9.17, 15) is 13.2 Å². The summed E-state index contributed by atoms with van der Waals surface area (Å²) in [7, 11) is -2.21. The third kappa shape index (κ3) is 5.69. The van der Waals surface area contributed by atoms with Gasteiger partial charge in [-0.05, 0) is 48.4 Å². The Morgan fingerprint density at radius 1 is 1.09 bits per heavy atom. The Hall–Kier alpha value is -3.51. The predicted molar refractivity (Wildman–Crippen MR) is 123 cm³/mol. The number of piperidine rings is 1. The van der Waals surface area contributed by atoms with Crippen molar-refractivity contribution < 1.29 is 22.7 Å². The Balaban J connectivity index is 1.41. The third-order valence-electron chi connectivity index (χ3n) is 5.29. The molecule has 0 saturated carbocycles. The number of carbonyl (C=O) groups excluding carboxylic acids is 1. The molecule has 2 aromatic carbocycles. The summed E-state index contributed by atoms with van der Waals surface area (Å²) in [6, 6.07) is 13.6. The maximum Gasteiger partial charge on any atom is 0.248 e. The van der Waals surface area contributed by atoms with Gasteiger partial charge in [0.25, 0.3) is 0 Å². The minimum Gasteiger partial charge on any atom is -0.495 e. The molecule has 1 saturated heterocycles. The van der Waals surface area contributed by atoms with Crippen LogP contribution in [0.25, 0.3) is 0 Å². The molecule has 1 N–H and O–H groups in total. The molecule has 4 rings (SSSR count). The first-order valence-electron chi connectivity index (χ1n) is 10.9. The predicted octanol–water partition coefficient (Wildman–Crippen LogP) is 2.07. The van der Waals surface area contributed by atoms with E-state index in [0.717, 1.165) is 24.1 Å². The quantitative estimate of drug-likeness (QED) is 0.487. The molecule has 0 bridgehead atoms. The van der Waals surface area contributed by atoms with E-state index in [1.165, 1.54) is 29.6 Å². The minimum absolute atomic E-state index is 0.102. The SMILES string of the molecule is COc1ccc(S(=O)(=O)N2CCCCC2)cc1NC(=O)Cn1nnc(COc2ccccc2)n1. The topological polar surface area (TPSA) is 129 Å². The van der Waals surface area contributed by atoms with Gasteiger partial charge in [-0.3, -0.25) is 4.79 Å². The average molecular weight is 487 g/mol. The first-order valence-corrected chi connectivity index (χ1v) is 12.3. The zero-order valence-corrected chi connectivity index (χ0v) is 19.6. The van der Waals surface area contributed by atoms with Gasteiger partial charge in [-0.15, -0.1) is 10.2 Å². The molecular formula is C22H26N6O5S. The van der Waals surface area contributed by atoms with Crippen LogP contribution in [0.1, 0.15) is 25.1 Å². The van der Waals surface area contributed by atoms with Crippen molar-refractivity contribution in [3.63, 3.8) is 0 Å². The van der Waals surface area contributed by atoms with Crippen LogP contribution in [0, 0.1) is 0 Å². The number of tetrazole rings is 1.